The van der Waals surface area contributed by atoms with Crippen molar-refractivity contribution in [1.29, 1.82) is 0 Å². The molecule has 2 heterocycles. The molecule has 0 radical (unpaired) electrons. The molecule has 26 heavy (non-hydrogen) atoms. The molecule has 3 rings (SSSR count). The number of hydrogen-bond donors (Lipinski definition) is 1. The van der Waals surface area contributed by atoms with Gasteiger partial charge in [-0.3, -0.25) is 9.59 Å². The molecule has 3 aromatic rings. The maximum absolute atomic E-state index is 12.6. The number of carbonyl (C=O) groups excluding carboxylic acids is 1. The standard InChI is InChI=1S/C18H20N4O2S2/c1-4-15-20-16-17(26-15)11(2)21-22(18(16)24)10-14(23)19-9-12-5-7-13(25-3)8-6-12/h5-8H,4,9-10H2,1-3H3,(H,19,23). The Morgan fingerprint density at radius 3 is 2.69 bits per heavy atom. The number of hydrogen-bond acceptors (Lipinski definition) is 6. The average molecular weight is 389 g/mol. The molecule has 0 aliphatic rings. The number of benzene rings is 1. The van der Waals surface area contributed by atoms with E-state index in [4.69, 9.17) is 0 Å². The molecule has 6 nitrogen and oxygen atoms in total. The van der Waals surface area contributed by atoms with E-state index in [0.29, 0.717) is 12.1 Å². The molecular formula is C18H20N4O2S2. The third kappa shape index (κ3) is 3.96. The van der Waals surface area contributed by atoms with Gasteiger partial charge in [0.2, 0.25) is 5.91 Å². The predicted octanol–water partition coefficient (Wildman–Crippen LogP) is 2.76. The summed E-state index contributed by atoms with van der Waals surface area (Å²) in [4.78, 5) is 30.3. The second-order valence-electron chi connectivity index (χ2n) is 5.81. The van der Waals surface area contributed by atoms with Crippen molar-refractivity contribution in [3.05, 3.63) is 50.9 Å². The van der Waals surface area contributed by atoms with Crippen LogP contribution >= 0.6 is 23.1 Å². The van der Waals surface area contributed by atoms with Crippen LogP contribution in [-0.4, -0.2) is 26.9 Å². The largest absolute Gasteiger partial charge is 0.350 e. The highest BCUT2D eigenvalue weighted by Crippen LogP contribution is 2.21. The Morgan fingerprint density at radius 1 is 1.31 bits per heavy atom. The van der Waals surface area contributed by atoms with Crippen LogP contribution < -0.4 is 10.9 Å². The summed E-state index contributed by atoms with van der Waals surface area (Å²) in [5.74, 6) is -0.252. The van der Waals surface area contributed by atoms with Gasteiger partial charge in [0.1, 0.15) is 6.54 Å². The summed E-state index contributed by atoms with van der Waals surface area (Å²) in [5.41, 5.74) is 1.81. The van der Waals surface area contributed by atoms with Crippen LogP contribution in [0.15, 0.2) is 34.0 Å². The molecule has 0 fully saturated rings. The monoisotopic (exact) mass is 388 g/mol. The van der Waals surface area contributed by atoms with Gasteiger partial charge in [0.05, 0.1) is 15.4 Å². The lowest BCUT2D eigenvalue weighted by Crippen LogP contribution is -2.33. The number of aryl methyl sites for hydroxylation is 2. The van der Waals surface area contributed by atoms with E-state index in [1.165, 1.54) is 20.9 Å². The highest BCUT2D eigenvalue weighted by molar-refractivity contribution is 7.98. The zero-order valence-corrected chi connectivity index (χ0v) is 16.5. The number of nitrogens with one attached hydrogen (secondary N) is 1. The van der Waals surface area contributed by atoms with Crippen LogP contribution in [0.1, 0.15) is 23.2 Å². The number of aromatic nitrogens is 3. The van der Waals surface area contributed by atoms with Gasteiger partial charge in [0.25, 0.3) is 5.56 Å². The Morgan fingerprint density at radius 2 is 2.04 bits per heavy atom. The lowest BCUT2D eigenvalue weighted by molar-refractivity contribution is -0.122. The van der Waals surface area contributed by atoms with E-state index < -0.39 is 0 Å². The smallest absolute Gasteiger partial charge is 0.294 e. The van der Waals surface area contributed by atoms with Gasteiger partial charge in [0.15, 0.2) is 5.52 Å². The first-order valence-corrected chi connectivity index (χ1v) is 10.3. The molecule has 8 heteroatoms. The van der Waals surface area contributed by atoms with E-state index in [1.54, 1.807) is 11.8 Å². The highest BCUT2D eigenvalue weighted by atomic mass is 32.2. The molecule has 1 amide bonds. The summed E-state index contributed by atoms with van der Waals surface area (Å²) >= 11 is 3.16. The molecule has 0 aliphatic carbocycles. The highest BCUT2D eigenvalue weighted by Gasteiger charge is 2.15. The number of rotatable bonds is 6. The van der Waals surface area contributed by atoms with Gasteiger partial charge in [-0.05, 0) is 37.3 Å². The van der Waals surface area contributed by atoms with Gasteiger partial charge in [0, 0.05) is 11.4 Å². The van der Waals surface area contributed by atoms with E-state index in [0.717, 1.165) is 27.4 Å². The van der Waals surface area contributed by atoms with Crippen molar-refractivity contribution in [3.8, 4) is 0 Å². The van der Waals surface area contributed by atoms with Gasteiger partial charge in [-0.1, -0.05) is 19.1 Å². The van der Waals surface area contributed by atoms with Gasteiger partial charge < -0.3 is 5.32 Å². The summed E-state index contributed by atoms with van der Waals surface area (Å²) in [7, 11) is 0. The number of nitrogens with zero attached hydrogens (tertiary/aromatic N) is 3. The third-order valence-electron chi connectivity index (χ3n) is 3.95. The summed E-state index contributed by atoms with van der Waals surface area (Å²) in [6.45, 7) is 4.14. The Labute approximate surface area is 159 Å². The second kappa shape index (κ2) is 8.01. The lowest BCUT2D eigenvalue weighted by atomic mass is 10.2. The molecule has 0 spiro atoms. The minimum absolute atomic E-state index is 0.114. The molecule has 0 saturated heterocycles. The first-order chi connectivity index (χ1) is 12.5. The van der Waals surface area contributed by atoms with Crippen LogP contribution in [0.3, 0.4) is 0 Å². The molecule has 0 bridgehead atoms. The van der Waals surface area contributed by atoms with Crippen LogP contribution in [0, 0.1) is 6.92 Å². The first-order valence-electron chi connectivity index (χ1n) is 8.28. The van der Waals surface area contributed by atoms with Crippen molar-refractivity contribution in [1.82, 2.24) is 20.1 Å². The van der Waals surface area contributed by atoms with Crippen LogP contribution in [0.5, 0.6) is 0 Å². The van der Waals surface area contributed by atoms with Crippen LogP contribution in [0.2, 0.25) is 0 Å². The van der Waals surface area contributed by atoms with Crippen molar-refractivity contribution in [2.45, 2.75) is 38.3 Å². The topological polar surface area (TPSA) is 76.9 Å². The number of thiazole rings is 1. The normalized spacial score (nSPS) is 11.0. The van der Waals surface area contributed by atoms with Crippen LogP contribution in [0.4, 0.5) is 0 Å². The van der Waals surface area contributed by atoms with Gasteiger partial charge in [-0.2, -0.15) is 5.10 Å². The minimum atomic E-state index is -0.318. The number of amides is 1. The molecule has 0 atom stereocenters. The Bertz CT molecular complexity index is 993. The van der Waals surface area contributed by atoms with E-state index in [2.05, 4.69) is 15.4 Å². The lowest BCUT2D eigenvalue weighted by Gasteiger charge is -2.08. The summed E-state index contributed by atoms with van der Waals surface area (Å²) < 4.78 is 2.00. The van der Waals surface area contributed by atoms with Crippen molar-refractivity contribution in [2.75, 3.05) is 6.26 Å². The van der Waals surface area contributed by atoms with Crippen molar-refractivity contribution in [3.63, 3.8) is 0 Å². The Kier molecular flexibility index (Phi) is 5.73. The fourth-order valence-electron chi connectivity index (χ4n) is 2.54. The van der Waals surface area contributed by atoms with E-state index in [9.17, 15) is 9.59 Å². The number of carbonyl (C=O) groups is 1. The summed E-state index contributed by atoms with van der Waals surface area (Å²) in [5, 5.41) is 8.01. The molecule has 1 aromatic carbocycles. The van der Waals surface area contributed by atoms with Gasteiger partial charge >= 0.3 is 0 Å². The fraction of sp³-hybridized carbons (Fsp3) is 0.333. The molecular weight excluding hydrogens is 368 g/mol. The number of fused-ring (bicyclic) bond motifs is 1. The molecule has 0 aliphatic heterocycles. The summed E-state index contributed by atoms with van der Waals surface area (Å²) in [6, 6.07) is 7.99. The average Bonchev–Trinajstić information content (AvgIpc) is 3.10. The third-order valence-corrected chi connectivity index (χ3v) is 6.00. The summed E-state index contributed by atoms with van der Waals surface area (Å²) in [6.07, 6.45) is 2.79. The maximum Gasteiger partial charge on any atom is 0.294 e. The maximum atomic E-state index is 12.6. The first kappa shape index (κ1) is 18.6. The van der Waals surface area contributed by atoms with Crippen LogP contribution in [0.25, 0.3) is 10.2 Å². The molecule has 2 aromatic heterocycles. The van der Waals surface area contributed by atoms with Crippen molar-refractivity contribution in [2.24, 2.45) is 0 Å². The predicted molar refractivity (Wildman–Crippen MR) is 106 cm³/mol. The van der Waals surface area contributed by atoms with E-state index in [1.807, 2.05) is 44.4 Å². The zero-order chi connectivity index (χ0) is 18.7. The van der Waals surface area contributed by atoms with Gasteiger partial charge in [-0.15, -0.1) is 23.1 Å². The van der Waals surface area contributed by atoms with E-state index >= 15 is 0 Å². The Balaban J connectivity index is 1.72. The van der Waals surface area contributed by atoms with Crippen LogP contribution in [-0.2, 0) is 24.3 Å². The van der Waals surface area contributed by atoms with Crippen molar-refractivity contribution >= 4 is 39.2 Å². The fourth-order valence-corrected chi connectivity index (χ4v) is 3.89. The quantitative estimate of drug-likeness (QED) is 0.657. The minimum Gasteiger partial charge on any atom is -0.350 e. The second-order valence-corrected chi connectivity index (χ2v) is 7.78. The van der Waals surface area contributed by atoms with E-state index in [-0.39, 0.29) is 18.0 Å². The molecule has 136 valence electrons. The Hall–Kier alpha value is -2.19. The molecule has 1 N–H and O–H groups in total. The number of thioether (sulfide) groups is 1. The molecule has 0 saturated carbocycles. The van der Waals surface area contributed by atoms with Gasteiger partial charge in [-0.25, -0.2) is 9.67 Å². The zero-order valence-electron chi connectivity index (χ0n) is 14.9. The SMILES string of the molecule is CCc1nc2c(=O)n(CC(=O)NCc3ccc(SC)cc3)nc(C)c2s1. The molecule has 0 unspecified atom stereocenters. The van der Waals surface area contributed by atoms with Crippen molar-refractivity contribution < 1.29 is 4.79 Å².